The number of carbonyl (C=O) groups is 1. The van der Waals surface area contributed by atoms with Crippen molar-refractivity contribution in [3.05, 3.63) is 35.9 Å². The number of nitrogens with zero attached hydrogens (tertiary/aromatic N) is 1. The second-order valence-corrected chi connectivity index (χ2v) is 4.83. The van der Waals surface area contributed by atoms with E-state index in [0.29, 0.717) is 12.0 Å². The van der Waals surface area contributed by atoms with Crippen molar-refractivity contribution in [1.82, 2.24) is 4.90 Å². The van der Waals surface area contributed by atoms with E-state index in [-0.39, 0.29) is 6.42 Å². The summed E-state index contributed by atoms with van der Waals surface area (Å²) in [5.74, 6) is -0.0305. The van der Waals surface area contributed by atoms with Crippen LogP contribution in [-0.4, -0.2) is 29.1 Å². The average Bonchev–Trinajstić information content (AvgIpc) is 2.28. The number of likely N-dealkylation sites (tertiary alicyclic amines) is 1. The first-order valence-electron chi connectivity index (χ1n) is 6.19. The van der Waals surface area contributed by atoms with Crippen molar-refractivity contribution >= 4 is 5.97 Å². The molecule has 1 aliphatic rings. The zero-order chi connectivity index (χ0) is 12.3. The molecular weight excluding hydrogens is 214 g/mol. The second kappa shape index (κ2) is 5.32. The molecule has 1 aromatic carbocycles. The monoisotopic (exact) mass is 233 g/mol. The number of benzene rings is 1. The maximum atomic E-state index is 10.5. The molecule has 1 N–H and O–H groups in total. The molecule has 1 saturated heterocycles. The van der Waals surface area contributed by atoms with Crippen molar-refractivity contribution in [3.8, 4) is 0 Å². The van der Waals surface area contributed by atoms with Crippen molar-refractivity contribution < 1.29 is 9.90 Å². The summed E-state index contributed by atoms with van der Waals surface area (Å²) < 4.78 is 0. The molecular formula is C14H19NO2. The number of aliphatic carboxylic acids is 1. The molecule has 1 aliphatic heterocycles. The quantitative estimate of drug-likeness (QED) is 0.849. The van der Waals surface area contributed by atoms with Gasteiger partial charge in [0.05, 0.1) is 0 Å². The number of hydrogen-bond donors (Lipinski definition) is 1. The van der Waals surface area contributed by atoms with Gasteiger partial charge in [0.2, 0.25) is 0 Å². The third-order valence-electron chi connectivity index (χ3n) is 3.43. The first kappa shape index (κ1) is 12.1. The minimum atomic E-state index is -0.699. The summed E-state index contributed by atoms with van der Waals surface area (Å²) in [4.78, 5) is 12.9. The molecule has 0 amide bonds. The lowest BCUT2D eigenvalue weighted by molar-refractivity contribution is -0.137. The van der Waals surface area contributed by atoms with Gasteiger partial charge in [0.1, 0.15) is 0 Å². The van der Waals surface area contributed by atoms with Crippen LogP contribution in [0.25, 0.3) is 0 Å². The number of hydrogen-bond acceptors (Lipinski definition) is 2. The fourth-order valence-electron chi connectivity index (χ4n) is 2.66. The molecule has 2 unspecified atom stereocenters. The van der Waals surface area contributed by atoms with E-state index < -0.39 is 5.97 Å². The summed E-state index contributed by atoms with van der Waals surface area (Å²) in [5, 5.41) is 8.63. The van der Waals surface area contributed by atoms with Gasteiger partial charge >= 0.3 is 5.97 Å². The predicted molar refractivity (Wildman–Crippen MR) is 66.8 cm³/mol. The third-order valence-corrected chi connectivity index (χ3v) is 3.43. The minimum Gasteiger partial charge on any atom is -0.481 e. The molecule has 1 aromatic rings. The molecule has 0 aromatic heterocycles. The number of carboxylic acids is 1. The van der Waals surface area contributed by atoms with E-state index in [2.05, 4.69) is 36.1 Å². The zero-order valence-corrected chi connectivity index (χ0v) is 10.2. The SMILES string of the molecule is CC1CN(CCCC(=O)O)C1c1ccccc1. The van der Waals surface area contributed by atoms with Crippen LogP contribution in [-0.2, 0) is 4.79 Å². The smallest absolute Gasteiger partial charge is 0.303 e. The third kappa shape index (κ3) is 2.86. The van der Waals surface area contributed by atoms with E-state index in [1.165, 1.54) is 5.56 Å². The van der Waals surface area contributed by atoms with Crippen molar-refractivity contribution in [1.29, 1.82) is 0 Å². The van der Waals surface area contributed by atoms with Crippen molar-refractivity contribution in [2.24, 2.45) is 5.92 Å². The van der Waals surface area contributed by atoms with Gasteiger partial charge < -0.3 is 5.11 Å². The Morgan fingerprint density at radius 3 is 2.71 bits per heavy atom. The lowest BCUT2D eigenvalue weighted by atomic mass is 9.84. The predicted octanol–water partition coefficient (Wildman–Crippen LogP) is 2.54. The molecule has 3 nitrogen and oxygen atoms in total. The molecule has 17 heavy (non-hydrogen) atoms. The fourth-order valence-corrected chi connectivity index (χ4v) is 2.66. The van der Waals surface area contributed by atoms with E-state index >= 15 is 0 Å². The minimum absolute atomic E-state index is 0.270. The van der Waals surface area contributed by atoms with E-state index in [4.69, 9.17) is 5.11 Å². The summed E-state index contributed by atoms with van der Waals surface area (Å²) in [6.07, 6.45) is 1.01. The van der Waals surface area contributed by atoms with Gasteiger partial charge in [0.15, 0.2) is 0 Å². The van der Waals surface area contributed by atoms with Crippen LogP contribution in [0.2, 0.25) is 0 Å². The topological polar surface area (TPSA) is 40.5 Å². The Balaban J connectivity index is 1.90. The molecule has 1 heterocycles. The van der Waals surface area contributed by atoms with Crippen LogP contribution in [0.1, 0.15) is 31.4 Å². The summed E-state index contributed by atoms with van der Waals surface area (Å²) in [6, 6.07) is 11.0. The maximum absolute atomic E-state index is 10.5. The normalized spacial score (nSPS) is 24.3. The maximum Gasteiger partial charge on any atom is 0.303 e. The van der Waals surface area contributed by atoms with Crippen LogP contribution in [0, 0.1) is 5.92 Å². The van der Waals surface area contributed by atoms with Gasteiger partial charge in [0.25, 0.3) is 0 Å². The van der Waals surface area contributed by atoms with Gasteiger partial charge in [-0.2, -0.15) is 0 Å². The molecule has 92 valence electrons. The standard InChI is InChI=1S/C14H19NO2/c1-11-10-15(9-5-8-13(16)17)14(11)12-6-3-2-4-7-12/h2-4,6-7,11,14H,5,8-10H2,1H3,(H,16,17). The molecule has 0 bridgehead atoms. The Morgan fingerprint density at radius 2 is 2.12 bits per heavy atom. The van der Waals surface area contributed by atoms with Crippen molar-refractivity contribution in [3.63, 3.8) is 0 Å². The average molecular weight is 233 g/mol. The Morgan fingerprint density at radius 1 is 1.41 bits per heavy atom. The van der Waals surface area contributed by atoms with Crippen molar-refractivity contribution in [2.75, 3.05) is 13.1 Å². The highest BCUT2D eigenvalue weighted by atomic mass is 16.4. The van der Waals surface area contributed by atoms with Crippen LogP contribution in [0.5, 0.6) is 0 Å². The van der Waals surface area contributed by atoms with Gasteiger partial charge in [-0.3, -0.25) is 9.69 Å². The first-order valence-corrected chi connectivity index (χ1v) is 6.19. The van der Waals surface area contributed by atoms with E-state index in [1.807, 2.05) is 6.07 Å². The molecule has 0 aliphatic carbocycles. The van der Waals surface area contributed by atoms with Gasteiger partial charge in [-0.15, -0.1) is 0 Å². The lowest BCUT2D eigenvalue weighted by Gasteiger charge is -2.47. The van der Waals surface area contributed by atoms with Crippen LogP contribution in [0.3, 0.4) is 0 Å². The molecule has 3 heteroatoms. The summed E-state index contributed by atoms with van der Waals surface area (Å²) in [5.41, 5.74) is 1.35. The molecule has 0 spiro atoms. The van der Waals surface area contributed by atoms with Gasteiger partial charge in [0, 0.05) is 19.0 Å². The number of carboxylic acid groups (broad SMARTS) is 1. The van der Waals surface area contributed by atoms with Gasteiger partial charge in [-0.25, -0.2) is 0 Å². The molecule has 0 radical (unpaired) electrons. The summed E-state index contributed by atoms with van der Waals surface area (Å²) in [6.45, 7) is 4.22. The number of rotatable bonds is 5. The van der Waals surface area contributed by atoms with E-state index in [9.17, 15) is 4.79 Å². The Labute approximate surface area is 102 Å². The second-order valence-electron chi connectivity index (χ2n) is 4.83. The largest absolute Gasteiger partial charge is 0.481 e. The Kier molecular flexibility index (Phi) is 3.79. The van der Waals surface area contributed by atoms with E-state index in [1.54, 1.807) is 0 Å². The van der Waals surface area contributed by atoms with E-state index in [0.717, 1.165) is 19.5 Å². The Bertz CT molecular complexity index is 377. The summed E-state index contributed by atoms with van der Waals surface area (Å²) >= 11 is 0. The fraction of sp³-hybridized carbons (Fsp3) is 0.500. The highest BCUT2D eigenvalue weighted by Crippen LogP contribution is 2.38. The highest BCUT2D eigenvalue weighted by Gasteiger charge is 2.35. The molecule has 2 atom stereocenters. The Hall–Kier alpha value is -1.35. The van der Waals surface area contributed by atoms with Crippen LogP contribution in [0.15, 0.2) is 30.3 Å². The highest BCUT2D eigenvalue weighted by molar-refractivity contribution is 5.66. The summed E-state index contributed by atoms with van der Waals surface area (Å²) in [7, 11) is 0. The van der Waals surface area contributed by atoms with Crippen LogP contribution < -0.4 is 0 Å². The first-order chi connectivity index (χ1) is 8.18. The lowest BCUT2D eigenvalue weighted by Crippen LogP contribution is -2.48. The molecule has 1 fully saturated rings. The zero-order valence-electron chi connectivity index (χ0n) is 10.2. The molecule has 2 rings (SSSR count). The van der Waals surface area contributed by atoms with Crippen molar-refractivity contribution in [2.45, 2.75) is 25.8 Å². The molecule has 0 saturated carbocycles. The van der Waals surface area contributed by atoms with Crippen LogP contribution >= 0.6 is 0 Å². The van der Waals surface area contributed by atoms with Gasteiger partial charge in [-0.05, 0) is 24.4 Å². The van der Waals surface area contributed by atoms with Gasteiger partial charge in [-0.1, -0.05) is 37.3 Å². The van der Waals surface area contributed by atoms with Crippen LogP contribution in [0.4, 0.5) is 0 Å².